The lowest BCUT2D eigenvalue weighted by Crippen LogP contribution is -2.27. The minimum absolute atomic E-state index is 0.325. The first-order chi connectivity index (χ1) is 8.05. The molecule has 0 aromatic carbocycles. The van der Waals surface area contributed by atoms with E-state index < -0.39 is 9.84 Å². The van der Waals surface area contributed by atoms with Gasteiger partial charge in [-0.15, -0.1) is 0 Å². The van der Waals surface area contributed by atoms with E-state index in [1.54, 1.807) is 0 Å². The molecule has 0 saturated carbocycles. The van der Waals surface area contributed by atoms with Crippen LogP contribution in [0.15, 0.2) is 22.8 Å². The highest BCUT2D eigenvalue weighted by Crippen LogP contribution is 2.19. The second kappa shape index (κ2) is 5.35. The fourth-order valence-corrected chi connectivity index (χ4v) is 3.83. The highest BCUT2D eigenvalue weighted by Gasteiger charge is 2.23. The van der Waals surface area contributed by atoms with Crippen LogP contribution in [0.3, 0.4) is 0 Å². The number of hydrogen-bond donors (Lipinski definition) is 1. The minimum Gasteiger partial charge on any atom is -0.370 e. The molecule has 0 spiro atoms. The Hall–Kier alpha value is -0.620. The molecule has 4 nitrogen and oxygen atoms in total. The molecule has 1 aliphatic heterocycles. The van der Waals surface area contributed by atoms with Gasteiger partial charge in [0, 0.05) is 6.54 Å². The van der Waals surface area contributed by atoms with E-state index in [0.717, 1.165) is 29.8 Å². The SMILES string of the molecule is O=S1(=O)CCC(CNc2cccc(Br)n2)CC1. The van der Waals surface area contributed by atoms with E-state index in [4.69, 9.17) is 0 Å². The van der Waals surface area contributed by atoms with Crippen LogP contribution in [0.5, 0.6) is 0 Å². The first-order valence-electron chi connectivity index (χ1n) is 5.62. The number of halogens is 1. The quantitative estimate of drug-likeness (QED) is 0.867. The number of hydrogen-bond acceptors (Lipinski definition) is 4. The first-order valence-corrected chi connectivity index (χ1v) is 8.23. The zero-order valence-electron chi connectivity index (χ0n) is 9.39. The Morgan fingerprint density at radius 2 is 2.06 bits per heavy atom. The fraction of sp³-hybridized carbons (Fsp3) is 0.545. The van der Waals surface area contributed by atoms with Gasteiger partial charge in [0.15, 0.2) is 0 Å². The smallest absolute Gasteiger partial charge is 0.150 e. The number of sulfone groups is 1. The van der Waals surface area contributed by atoms with Crippen LogP contribution in [-0.2, 0) is 9.84 Å². The molecule has 1 aromatic rings. The van der Waals surface area contributed by atoms with Crippen molar-refractivity contribution in [2.24, 2.45) is 5.92 Å². The van der Waals surface area contributed by atoms with Gasteiger partial charge in [-0.3, -0.25) is 0 Å². The monoisotopic (exact) mass is 318 g/mol. The standard InChI is InChI=1S/C11H15BrN2O2S/c12-10-2-1-3-11(14-10)13-8-9-4-6-17(15,16)7-5-9/h1-3,9H,4-8H2,(H,13,14). The molecule has 0 amide bonds. The molecule has 1 aromatic heterocycles. The Morgan fingerprint density at radius 1 is 1.35 bits per heavy atom. The Balaban J connectivity index is 1.84. The number of rotatable bonds is 3. The molecule has 0 atom stereocenters. The van der Waals surface area contributed by atoms with Crippen molar-refractivity contribution in [2.75, 3.05) is 23.4 Å². The van der Waals surface area contributed by atoms with Crippen LogP contribution >= 0.6 is 15.9 Å². The topological polar surface area (TPSA) is 59.1 Å². The Morgan fingerprint density at radius 3 is 2.71 bits per heavy atom. The van der Waals surface area contributed by atoms with E-state index >= 15 is 0 Å². The van der Waals surface area contributed by atoms with Gasteiger partial charge in [-0.1, -0.05) is 6.07 Å². The van der Waals surface area contributed by atoms with Gasteiger partial charge < -0.3 is 5.32 Å². The lowest BCUT2D eigenvalue weighted by atomic mass is 10.0. The number of anilines is 1. The van der Waals surface area contributed by atoms with Gasteiger partial charge in [0.2, 0.25) is 0 Å². The Labute approximate surface area is 110 Å². The third-order valence-corrected chi connectivity index (χ3v) is 5.12. The summed E-state index contributed by atoms with van der Waals surface area (Å²) in [4.78, 5) is 4.27. The summed E-state index contributed by atoms with van der Waals surface area (Å²) in [5, 5.41) is 3.25. The minimum atomic E-state index is -2.76. The lowest BCUT2D eigenvalue weighted by molar-refractivity contribution is 0.484. The molecule has 94 valence electrons. The molecule has 0 bridgehead atoms. The van der Waals surface area contributed by atoms with Crippen LogP contribution < -0.4 is 5.32 Å². The van der Waals surface area contributed by atoms with Crippen molar-refractivity contribution in [1.29, 1.82) is 0 Å². The van der Waals surface area contributed by atoms with E-state index in [9.17, 15) is 8.42 Å². The maximum atomic E-state index is 11.3. The third-order valence-electron chi connectivity index (χ3n) is 2.96. The number of nitrogens with one attached hydrogen (secondary N) is 1. The normalized spacial score (nSPS) is 20.1. The second-order valence-corrected chi connectivity index (χ2v) is 7.44. The molecule has 2 rings (SSSR count). The molecule has 6 heteroatoms. The van der Waals surface area contributed by atoms with Gasteiger partial charge in [-0.05, 0) is 46.8 Å². The van der Waals surface area contributed by atoms with E-state index in [0.29, 0.717) is 17.4 Å². The lowest BCUT2D eigenvalue weighted by Gasteiger charge is -2.22. The van der Waals surface area contributed by atoms with Gasteiger partial charge in [0.05, 0.1) is 11.5 Å². The average Bonchev–Trinajstić information content (AvgIpc) is 2.28. The first kappa shape index (κ1) is 12.8. The van der Waals surface area contributed by atoms with Crippen LogP contribution in [-0.4, -0.2) is 31.5 Å². The van der Waals surface area contributed by atoms with E-state index in [1.165, 1.54) is 0 Å². The molecular weight excluding hydrogens is 304 g/mol. The molecule has 17 heavy (non-hydrogen) atoms. The number of aromatic nitrogens is 1. The van der Waals surface area contributed by atoms with Crippen molar-refractivity contribution in [2.45, 2.75) is 12.8 Å². The Kier molecular flexibility index (Phi) is 4.04. The molecule has 1 saturated heterocycles. The molecule has 1 fully saturated rings. The summed E-state index contributed by atoms with van der Waals surface area (Å²) in [7, 11) is -2.76. The van der Waals surface area contributed by atoms with Crippen molar-refractivity contribution in [3.05, 3.63) is 22.8 Å². The molecule has 0 radical (unpaired) electrons. The van der Waals surface area contributed by atoms with E-state index in [2.05, 4.69) is 26.2 Å². The summed E-state index contributed by atoms with van der Waals surface area (Å²) in [6.45, 7) is 0.791. The van der Waals surface area contributed by atoms with Gasteiger partial charge in [-0.2, -0.15) is 0 Å². The van der Waals surface area contributed by atoms with Crippen molar-refractivity contribution in [3.8, 4) is 0 Å². The van der Waals surface area contributed by atoms with E-state index in [-0.39, 0.29) is 0 Å². The zero-order chi connectivity index (χ0) is 12.3. The Bertz CT molecular complexity index is 476. The van der Waals surface area contributed by atoms with Gasteiger partial charge in [0.25, 0.3) is 0 Å². The highest BCUT2D eigenvalue weighted by molar-refractivity contribution is 9.10. The van der Waals surface area contributed by atoms with Gasteiger partial charge in [0.1, 0.15) is 20.3 Å². The van der Waals surface area contributed by atoms with Crippen LogP contribution in [0.4, 0.5) is 5.82 Å². The molecule has 1 N–H and O–H groups in total. The number of pyridine rings is 1. The second-order valence-electron chi connectivity index (χ2n) is 4.32. The maximum Gasteiger partial charge on any atom is 0.150 e. The van der Waals surface area contributed by atoms with Gasteiger partial charge >= 0.3 is 0 Å². The summed E-state index contributed by atoms with van der Waals surface area (Å²) in [5.74, 6) is 1.91. The van der Waals surface area contributed by atoms with Gasteiger partial charge in [-0.25, -0.2) is 13.4 Å². The number of nitrogens with zero attached hydrogens (tertiary/aromatic N) is 1. The summed E-state index contributed by atoms with van der Waals surface area (Å²) < 4.78 is 23.4. The summed E-state index contributed by atoms with van der Waals surface area (Å²) in [5.41, 5.74) is 0. The molecular formula is C11H15BrN2O2S. The van der Waals surface area contributed by atoms with Crippen molar-refractivity contribution in [3.63, 3.8) is 0 Å². The zero-order valence-corrected chi connectivity index (χ0v) is 11.8. The summed E-state index contributed by atoms with van der Waals surface area (Å²) >= 11 is 3.31. The van der Waals surface area contributed by atoms with Crippen molar-refractivity contribution in [1.82, 2.24) is 4.98 Å². The third kappa shape index (κ3) is 3.96. The van der Waals surface area contributed by atoms with E-state index in [1.807, 2.05) is 18.2 Å². The predicted molar refractivity (Wildman–Crippen MR) is 71.8 cm³/mol. The summed E-state index contributed by atoms with van der Waals surface area (Å²) in [6.07, 6.45) is 1.51. The van der Waals surface area contributed by atoms with Crippen LogP contribution in [0.2, 0.25) is 0 Å². The summed E-state index contributed by atoms with van der Waals surface area (Å²) in [6, 6.07) is 5.70. The van der Waals surface area contributed by atoms with Crippen molar-refractivity contribution < 1.29 is 8.42 Å². The van der Waals surface area contributed by atoms with Crippen LogP contribution in [0.1, 0.15) is 12.8 Å². The maximum absolute atomic E-state index is 11.3. The fourth-order valence-electron chi connectivity index (χ4n) is 1.90. The van der Waals surface area contributed by atoms with Crippen LogP contribution in [0.25, 0.3) is 0 Å². The van der Waals surface area contributed by atoms with Crippen LogP contribution in [0, 0.1) is 5.92 Å². The largest absolute Gasteiger partial charge is 0.370 e. The molecule has 0 unspecified atom stereocenters. The highest BCUT2D eigenvalue weighted by atomic mass is 79.9. The molecule has 0 aliphatic carbocycles. The van der Waals surface area contributed by atoms with Crippen molar-refractivity contribution >= 4 is 31.6 Å². The average molecular weight is 319 g/mol. The molecule has 2 heterocycles. The molecule has 1 aliphatic rings. The predicted octanol–water partition coefficient (Wildman–Crippen LogP) is 2.08.